The molecule has 0 heterocycles. The molecule has 4 N–H and O–H groups in total. The number of carbonyl (C=O) groups is 2. The lowest BCUT2D eigenvalue weighted by atomic mass is 9.94. The van der Waals surface area contributed by atoms with Crippen LogP contribution in [0.1, 0.15) is 26.2 Å². The van der Waals surface area contributed by atoms with E-state index < -0.39 is 11.5 Å². The lowest BCUT2D eigenvalue weighted by Gasteiger charge is -2.27. The second kappa shape index (κ2) is 4.14. The number of hydrogen-bond acceptors (Lipinski definition) is 3. The molecule has 1 fully saturated rings. The third kappa shape index (κ3) is 2.34. The number of carbonyl (C=O) groups excluding carboxylic acids is 1. The molecule has 2 aliphatic rings. The summed E-state index contributed by atoms with van der Waals surface area (Å²) in [7, 11) is 0. The maximum Gasteiger partial charge on any atom is 0.329 e. The van der Waals surface area contributed by atoms with Gasteiger partial charge < -0.3 is 16.2 Å². The van der Waals surface area contributed by atoms with E-state index in [4.69, 9.17) is 5.73 Å². The maximum atomic E-state index is 12.0. The van der Waals surface area contributed by atoms with Crippen molar-refractivity contribution >= 4 is 11.9 Å². The average molecular weight is 238 g/mol. The third-order valence-electron chi connectivity index (χ3n) is 3.67. The van der Waals surface area contributed by atoms with Crippen molar-refractivity contribution in [1.29, 1.82) is 0 Å². The summed E-state index contributed by atoms with van der Waals surface area (Å²) in [5.74, 6) is -1.42. The molecule has 1 amide bonds. The number of carboxylic acid groups (broad SMARTS) is 1. The summed E-state index contributed by atoms with van der Waals surface area (Å²) < 4.78 is 0. The van der Waals surface area contributed by atoms with Gasteiger partial charge in [0, 0.05) is 6.04 Å². The minimum Gasteiger partial charge on any atom is -0.480 e. The second-order valence-electron chi connectivity index (χ2n) is 5.16. The molecule has 94 valence electrons. The van der Waals surface area contributed by atoms with Gasteiger partial charge in [0.05, 0.1) is 5.92 Å². The van der Waals surface area contributed by atoms with Crippen LogP contribution < -0.4 is 11.1 Å². The number of nitrogens with two attached hydrogens (primary N) is 1. The van der Waals surface area contributed by atoms with Crippen LogP contribution in [-0.2, 0) is 9.59 Å². The van der Waals surface area contributed by atoms with Crippen molar-refractivity contribution in [3.05, 3.63) is 12.2 Å². The lowest BCUT2D eigenvalue weighted by Crippen LogP contribution is -2.55. The Bertz CT molecular complexity index is 376. The first-order chi connectivity index (χ1) is 7.93. The second-order valence-corrected chi connectivity index (χ2v) is 5.16. The van der Waals surface area contributed by atoms with Crippen molar-refractivity contribution in [2.45, 2.75) is 37.8 Å². The molecule has 5 nitrogen and oxygen atoms in total. The molecule has 0 aromatic heterocycles. The largest absolute Gasteiger partial charge is 0.480 e. The van der Waals surface area contributed by atoms with Gasteiger partial charge in [0.15, 0.2) is 0 Å². The quantitative estimate of drug-likeness (QED) is 0.612. The van der Waals surface area contributed by atoms with Crippen molar-refractivity contribution in [3.63, 3.8) is 0 Å². The molecule has 1 saturated carbocycles. The monoisotopic (exact) mass is 238 g/mol. The summed E-state index contributed by atoms with van der Waals surface area (Å²) in [5.41, 5.74) is 4.55. The van der Waals surface area contributed by atoms with Gasteiger partial charge in [-0.15, -0.1) is 0 Å². The molecular weight excluding hydrogens is 220 g/mol. The Hall–Kier alpha value is -1.36. The van der Waals surface area contributed by atoms with E-state index in [0.717, 1.165) is 12.8 Å². The molecular formula is C12H18N2O3. The molecule has 0 bridgehead atoms. The summed E-state index contributed by atoms with van der Waals surface area (Å²) in [6.45, 7) is 1.59. The van der Waals surface area contributed by atoms with Crippen LogP contribution in [0.15, 0.2) is 12.2 Å². The molecule has 0 aliphatic heterocycles. The Labute approximate surface area is 100 Å². The predicted molar refractivity (Wildman–Crippen MR) is 62.1 cm³/mol. The lowest BCUT2D eigenvalue weighted by molar-refractivity contribution is -0.148. The van der Waals surface area contributed by atoms with Gasteiger partial charge in [0.1, 0.15) is 5.54 Å². The number of amides is 1. The van der Waals surface area contributed by atoms with E-state index in [1.54, 1.807) is 19.1 Å². The molecule has 3 atom stereocenters. The van der Waals surface area contributed by atoms with Crippen LogP contribution in [0.3, 0.4) is 0 Å². The highest BCUT2D eigenvalue weighted by Crippen LogP contribution is 2.40. The Morgan fingerprint density at radius 1 is 1.41 bits per heavy atom. The molecule has 3 unspecified atom stereocenters. The number of nitrogens with one attached hydrogen (secondary N) is 1. The van der Waals surface area contributed by atoms with Gasteiger partial charge in [0.25, 0.3) is 0 Å². The number of hydrogen-bond donors (Lipinski definition) is 3. The van der Waals surface area contributed by atoms with Crippen molar-refractivity contribution in [2.75, 3.05) is 0 Å². The van der Waals surface area contributed by atoms with Crippen molar-refractivity contribution in [2.24, 2.45) is 17.6 Å². The summed E-state index contributed by atoms with van der Waals surface area (Å²) in [6, 6.07) is -0.0947. The highest BCUT2D eigenvalue weighted by atomic mass is 16.4. The zero-order valence-corrected chi connectivity index (χ0v) is 9.85. The van der Waals surface area contributed by atoms with Gasteiger partial charge in [-0.1, -0.05) is 12.2 Å². The fourth-order valence-electron chi connectivity index (χ4n) is 2.26. The molecule has 0 aromatic carbocycles. The van der Waals surface area contributed by atoms with Crippen LogP contribution in [0.2, 0.25) is 0 Å². The zero-order valence-electron chi connectivity index (χ0n) is 9.85. The number of aliphatic carboxylic acids is 1. The fourth-order valence-corrected chi connectivity index (χ4v) is 2.26. The molecule has 17 heavy (non-hydrogen) atoms. The van der Waals surface area contributed by atoms with Gasteiger partial charge in [-0.05, 0) is 32.1 Å². The van der Waals surface area contributed by atoms with Gasteiger partial charge >= 0.3 is 5.97 Å². The topological polar surface area (TPSA) is 92.4 Å². The summed E-state index contributed by atoms with van der Waals surface area (Å²) in [5, 5.41) is 11.9. The molecule has 5 heteroatoms. The average Bonchev–Trinajstić information content (AvgIpc) is 3.01. The minimum atomic E-state index is -1.13. The van der Waals surface area contributed by atoms with Crippen LogP contribution >= 0.6 is 0 Å². The third-order valence-corrected chi connectivity index (χ3v) is 3.67. The molecule has 2 rings (SSSR count). The summed E-state index contributed by atoms with van der Waals surface area (Å²) >= 11 is 0. The van der Waals surface area contributed by atoms with Crippen LogP contribution in [-0.4, -0.2) is 28.6 Å². The van der Waals surface area contributed by atoms with E-state index in [2.05, 4.69) is 5.32 Å². The highest BCUT2D eigenvalue weighted by Gasteiger charge is 2.49. The summed E-state index contributed by atoms with van der Waals surface area (Å²) in [4.78, 5) is 23.2. The predicted octanol–water partition coefficient (Wildman–Crippen LogP) is 0.259. The smallest absolute Gasteiger partial charge is 0.329 e. The summed E-state index contributed by atoms with van der Waals surface area (Å²) in [6.07, 6.45) is 5.84. The van der Waals surface area contributed by atoms with Crippen LogP contribution in [0.5, 0.6) is 0 Å². The Kier molecular flexibility index (Phi) is 2.95. The normalized spacial score (nSPS) is 30.9. The Morgan fingerprint density at radius 2 is 2.06 bits per heavy atom. The van der Waals surface area contributed by atoms with Gasteiger partial charge in [-0.25, -0.2) is 4.79 Å². The maximum absolute atomic E-state index is 12.0. The number of rotatable bonds is 4. The van der Waals surface area contributed by atoms with Gasteiger partial charge in [-0.3, -0.25) is 4.79 Å². The van der Waals surface area contributed by atoms with Crippen molar-refractivity contribution in [3.8, 4) is 0 Å². The molecule has 0 spiro atoms. The van der Waals surface area contributed by atoms with Crippen LogP contribution in [0.4, 0.5) is 0 Å². The Balaban J connectivity index is 2.01. The van der Waals surface area contributed by atoms with E-state index in [1.807, 2.05) is 0 Å². The fraction of sp³-hybridized carbons (Fsp3) is 0.667. The zero-order chi connectivity index (χ0) is 12.6. The molecule has 0 aromatic rings. The minimum absolute atomic E-state index is 0.0583. The van der Waals surface area contributed by atoms with E-state index in [9.17, 15) is 14.7 Å². The standard InChI is InChI=1S/C12H18N2O3/c1-12(11(16)17,8-3-4-8)14-10(15)7-2-5-9(13)6-7/h2,5,7-9H,3-4,6,13H2,1H3,(H,14,15)(H,16,17). The van der Waals surface area contributed by atoms with E-state index in [-0.39, 0.29) is 23.8 Å². The molecule has 0 saturated heterocycles. The first-order valence-corrected chi connectivity index (χ1v) is 5.93. The van der Waals surface area contributed by atoms with E-state index >= 15 is 0 Å². The SMILES string of the molecule is CC(NC(=O)C1C=CC(N)C1)(C(=O)O)C1CC1. The highest BCUT2D eigenvalue weighted by molar-refractivity contribution is 5.89. The van der Waals surface area contributed by atoms with Crippen LogP contribution in [0, 0.1) is 11.8 Å². The molecule has 0 radical (unpaired) electrons. The van der Waals surface area contributed by atoms with Crippen molar-refractivity contribution < 1.29 is 14.7 Å². The van der Waals surface area contributed by atoms with Crippen LogP contribution in [0.25, 0.3) is 0 Å². The van der Waals surface area contributed by atoms with Gasteiger partial charge in [-0.2, -0.15) is 0 Å². The first kappa shape index (κ1) is 12.1. The van der Waals surface area contributed by atoms with Crippen molar-refractivity contribution in [1.82, 2.24) is 5.32 Å². The Morgan fingerprint density at radius 3 is 2.47 bits per heavy atom. The number of carboxylic acids is 1. The van der Waals surface area contributed by atoms with E-state index in [1.165, 1.54) is 0 Å². The molecule has 2 aliphatic carbocycles. The van der Waals surface area contributed by atoms with E-state index in [0.29, 0.717) is 6.42 Å². The van der Waals surface area contributed by atoms with Gasteiger partial charge in [0.2, 0.25) is 5.91 Å². The first-order valence-electron chi connectivity index (χ1n) is 5.93.